The Hall–Kier alpha value is -2.63. The number of aromatic nitrogens is 1. The second kappa shape index (κ2) is 6.18. The van der Waals surface area contributed by atoms with E-state index in [4.69, 9.17) is 0 Å². The Kier molecular flexibility index (Phi) is 3.68. The number of nitrogens with zero attached hydrogens (tertiary/aromatic N) is 2. The van der Waals surface area contributed by atoms with Crippen molar-refractivity contribution < 1.29 is 9.59 Å². The van der Waals surface area contributed by atoms with Crippen LogP contribution in [0.3, 0.4) is 0 Å². The molecule has 6 heteroatoms. The summed E-state index contributed by atoms with van der Waals surface area (Å²) >= 11 is 0. The third-order valence-corrected chi connectivity index (χ3v) is 7.85. The van der Waals surface area contributed by atoms with Crippen LogP contribution in [0.5, 0.6) is 0 Å². The molecular weight excluding hydrogens is 366 g/mol. The lowest BCUT2D eigenvalue weighted by molar-refractivity contribution is -0.131. The average Bonchev–Trinajstić information content (AvgIpc) is 3.33. The van der Waals surface area contributed by atoms with Gasteiger partial charge < -0.3 is 9.88 Å². The largest absolute Gasteiger partial charge is 0.361 e. The number of hydrogen-bond acceptors (Lipinski definition) is 3. The van der Waals surface area contributed by atoms with Crippen LogP contribution in [-0.2, 0) is 11.3 Å². The molecule has 150 valence electrons. The molecule has 6 rings (SSSR count). The zero-order chi connectivity index (χ0) is 19.7. The summed E-state index contributed by atoms with van der Waals surface area (Å²) in [6.45, 7) is 1.60. The van der Waals surface area contributed by atoms with Crippen molar-refractivity contribution in [2.45, 2.75) is 32.2 Å². The van der Waals surface area contributed by atoms with E-state index in [1.165, 1.54) is 30.2 Å². The Labute approximate surface area is 168 Å². The summed E-state index contributed by atoms with van der Waals surface area (Å²) in [6, 6.07) is 6.80. The van der Waals surface area contributed by atoms with Gasteiger partial charge in [-0.15, -0.1) is 0 Å². The third-order valence-electron chi connectivity index (χ3n) is 7.85. The van der Waals surface area contributed by atoms with Gasteiger partial charge in [0.15, 0.2) is 5.43 Å². The molecule has 29 heavy (non-hydrogen) atoms. The number of amides is 3. The number of rotatable bonds is 4. The van der Waals surface area contributed by atoms with Crippen molar-refractivity contribution in [3.63, 3.8) is 0 Å². The fourth-order valence-electron chi connectivity index (χ4n) is 6.41. The fourth-order valence-corrected chi connectivity index (χ4v) is 6.41. The highest BCUT2D eigenvalue weighted by Crippen LogP contribution is 2.67. The van der Waals surface area contributed by atoms with Crippen LogP contribution in [0.1, 0.15) is 31.2 Å². The van der Waals surface area contributed by atoms with E-state index >= 15 is 0 Å². The molecule has 2 bridgehead atoms. The van der Waals surface area contributed by atoms with Crippen molar-refractivity contribution >= 4 is 22.8 Å². The van der Waals surface area contributed by atoms with Crippen LogP contribution in [0.15, 0.2) is 35.3 Å². The van der Waals surface area contributed by atoms with Crippen molar-refractivity contribution in [3.8, 4) is 0 Å². The van der Waals surface area contributed by atoms with Crippen LogP contribution < -0.4 is 5.43 Å². The van der Waals surface area contributed by atoms with E-state index in [1.54, 1.807) is 12.3 Å². The SMILES string of the molecule is O=C1CCN(CC2CC3CC2C2CC32)C(=O)N1Cc1ccc2c(=O)cc[nH]c2c1. The number of carbonyl (C=O) groups is 2. The smallest absolute Gasteiger partial charge is 0.327 e. The highest BCUT2D eigenvalue weighted by molar-refractivity contribution is 5.96. The van der Waals surface area contributed by atoms with Gasteiger partial charge in [-0.25, -0.2) is 4.79 Å². The third kappa shape index (κ3) is 2.72. The maximum Gasteiger partial charge on any atom is 0.327 e. The van der Waals surface area contributed by atoms with Crippen LogP contribution in [0.4, 0.5) is 4.79 Å². The molecule has 6 nitrogen and oxygen atoms in total. The van der Waals surface area contributed by atoms with E-state index in [9.17, 15) is 14.4 Å². The van der Waals surface area contributed by atoms with Gasteiger partial charge in [0.1, 0.15) is 0 Å². The van der Waals surface area contributed by atoms with Gasteiger partial charge in [-0.3, -0.25) is 14.5 Å². The van der Waals surface area contributed by atoms with Gasteiger partial charge in [0.05, 0.1) is 6.54 Å². The number of nitrogens with one attached hydrogen (secondary N) is 1. The van der Waals surface area contributed by atoms with Crippen LogP contribution in [0.25, 0.3) is 10.9 Å². The minimum Gasteiger partial charge on any atom is -0.361 e. The molecule has 1 saturated heterocycles. The molecular formula is C23H25N3O3. The molecule has 5 unspecified atom stereocenters. The van der Waals surface area contributed by atoms with Crippen molar-refractivity contribution in [2.24, 2.45) is 29.6 Å². The molecule has 3 saturated carbocycles. The molecule has 2 aromatic rings. The molecule has 0 radical (unpaired) electrons. The summed E-state index contributed by atoms with van der Waals surface area (Å²) in [4.78, 5) is 43.9. The van der Waals surface area contributed by atoms with Crippen molar-refractivity contribution in [3.05, 3.63) is 46.2 Å². The number of benzene rings is 1. The predicted molar refractivity (Wildman–Crippen MR) is 108 cm³/mol. The maximum absolute atomic E-state index is 13.1. The highest BCUT2D eigenvalue weighted by Gasteiger charge is 2.61. The summed E-state index contributed by atoms with van der Waals surface area (Å²) in [7, 11) is 0. The lowest BCUT2D eigenvalue weighted by Crippen LogP contribution is -2.53. The maximum atomic E-state index is 13.1. The first-order valence-electron chi connectivity index (χ1n) is 10.8. The molecule has 0 spiro atoms. The number of aromatic amines is 1. The zero-order valence-electron chi connectivity index (χ0n) is 16.3. The standard InChI is InChI=1S/C23H25N3O3/c27-21-3-5-24-20-7-13(1-2-16(20)21)11-26-22(28)4-6-25(23(26)29)12-15-8-14-9-17(15)19-10-18(14)19/h1-3,5,7,14-15,17-19H,4,6,8-12H2,(H,24,27). The summed E-state index contributed by atoms with van der Waals surface area (Å²) in [5.41, 5.74) is 1.54. The number of imide groups is 1. The van der Waals surface area contributed by atoms with Gasteiger partial charge in [-0.2, -0.15) is 0 Å². The minimum absolute atomic E-state index is 0.0367. The monoisotopic (exact) mass is 391 g/mol. The van der Waals surface area contributed by atoms with E-state index in [2.05, 4.69) is 4.98 Å². The first-order valence-corrected chi connectivity index (χ1v) is 10.8. The highest BCUT2D eigenvalue weighted by atomic mass is 16.2. The molecule has 5 atom stereocenters. The summed E-state index contributed by atoms with van der Waals surface area (Å²) in [6.07, 6.45) is 6.05. The lowest BCUT2D eigenvalue weighted by atomic mass is 9.88. The van der Waals surface area contributed by atoms with Crippen molar-refractivity contribution in [1.82, 2.24) is 14.8 Å². The fraction of sp³-hybridized carbons (Fsp3) is 0.522. The molecule has 1 N–H and O–H groups in total. The van der Waals surface area contributed by atoms with E-state index in [-0.39, 0.29) is 23.9 Å². The molecule has 2 heterocycles. The number of hydrogen-bond donors (Lipinski definition) is 1. The van der Waals surface area contributed by atoms with Gasteiger partial charge in [0.2, 0.25) is 5.91 Å². The summed E-state index contributed by atoms with van der Waals surface area (Å²) in [5.74, 6) is 4.13. The van der Waals surface area contributed by atoms with Crippen LogP contribution >= 0.6 is 0 Å². The van der Waals surface area contributed by atoms with Crippen molar-refractivity contribution in [2.75, 3.05) is 13.1 Å². The van der Waals surface area contributed by atoms with Gasteiger partial charge >= 0.3 is 6.03 Å². The Balaban J connectivity index is 1.19. The first-order chi connectivity index (χ1) is 14.1. The molecule has 3 amide bonds. The number of pyridine rings is 1. The summed E-state index contributed by atoms with van der Waals surface area (Å²) < 4.78 is 0. The quantitative estimate of drug-likeness (QED) is 0.871. The number of carbonyl (C=O) groups excluding carboxylic acids is 2. The van der Waals surface area contributed by atoms with Crippen LogP contribution in [0, 0.1) is 29.6 Å². The first kappa shape index (κ1) is 17.2. The Bertz CT molecular complexity index is 1080. The van der Waals surface area contributed by atoms with E-state index < -0.39 is 0 Å². The lowest BCUT2D eigenvalue weighted by Gasteiger charge is -2.37. The molecule has 1 aliphatic heterocycles. The van der Waals surface area contributed by atoms with Gasteiger partial charge in [0.25, 0.3) is 0 Å². The van der Waals surface area contributed by atoms with Crippen molar-refractivity contribution in [1.29, 1.82) is 0 Å². The number of urea groups is 1. The predicted octanol–water partition coefficient (Wildman–Crippen LogP) is 2.97. The Morgan fingerprint density at radius 3 is 2.72 bits per heavy atom. The van der Waals surface area contributed by atoms with Crippen LogP contribution in [0.2, 0.25) is 0 Å². The van der Waals surface area contributed by atoms with Crippen LogP contribution in [-0.4, -0.2) is 39.8 Å². The summed E-state index contributed by atoms with van der Waals surface area (Å²) in [5, 5.41) is 0.615. The molecule has 1 aromatic carbocycles. The van der Waals surface area contributed by atoms with Gasteiger partial charge in [-0.1, -0.05) is 6.07 Å². The normalized spacial score (nSPS) is 32.9. The molecule has 4 fully saturated rings. The Morgan fingerprint density at radius 2 is 1.90 bits per heavy atom. The molecule has 3 aliphatic carbocycles. The zero-order valence-corrected chi connectivity index (χ0v) is 16.3. The average molecular weight is 391 g/mol. The van der Waals surface area contributed by atoms with Gasteiger partial charge in [-0.05, 0) is 66.5 Å². The van der Waals surface area contributed by atoms with E-state index in [0.717, 1.165) is 41.3 Å². The Morgan fingerprint density at radius 1 is 1.00 bits per heavy atom. The minimum atomic E-state index is -0.155. The molecule has 4 aliphatic rings. The number of fused-ring (bicyclic) bond motifs is 6. The second-order valence-corrected chi connectivity index (χ2v) is 9.40. The topological polar surface area (TPSA) is 73.5 Å². The number of H-pyrrole nitrogens is 1. The molecule has 1 aromatic heterocycles. The van der Waals surface area contributed by atoms with E-state index in [1.807, 2.05) is 17.0 Å². The second-order valence-electron chi connectivity index (χ2n) is 9.40. The van der Waals surface area contributed by atoms with Gasteiger partial charge in [0, 0.05) is 42.7 Å². The van der Waals surface area contributed by atoms with E-state index in [0.29, 0.717) is 24.3 Å².